The van der Waals surface area contributed by atoms with Gasteiger partial charge in [0.15, 0.2) is 0 Å². The van der Waals surface area contributed by atoms with E-state index in [0.29, 0.717) is 13.0 Å². The molecule has 1 aromatic carbocycles. The maximum atomic E-state index is 14.0. The highest BCUT2D eigenvalue weighted by molar-refractivity contribution is 5.92. The number of alkyl carbamates (subject to hydrolysis) is 1. The number of rotatable bonds is 9. The topological polar surface area (TPSA) is 87.7 Å². The molecular weight excluding hydrogens is 454 g/mol. The summed E-state index contributed by atoms with van der Waals surface area (Å²) in [4.78, 5) is 42.1. The molecule has 0 spiro atoms. The second-order valence-electron chi connectivity index (χ2n) is 11.5. The number of likely N-dealkylation sites (N-methyl/N-ethyl adjacent to an activating group) is 1. The Hall–Kier alpha value is -2.57. The molecule has 0 radical (unpaired) electrons. The van der Waals surface area contributed by atoms with E-state index >= 15 is 0 Å². The van der Waals surface area contributed by atoms with Crippen LogP contribution in [0.25, 0.3) is 0 Å². The number of carbonyl (C=O) groups excluding carboxylic acids is 3. The first kappa shape index (κ1) is 29.7. The van der Waals surface area contributed by atoms with E-state index in [0.717, 1.165) is 42.4 Å². The number of hydrogen-bond acceptors (Lipinski definition) is 4. The lowest BCUT2D eigenvalue weighted by Gasteiger charge is -2.36. The molecule has 36 heavy (non-hydrogen) atoms. The van der Waals surface area contributed by atoms with Gasteiger partial charge in [-0.1, -0.05) is 51.3 Å². The van der Waals surface area contributed by atoms with Crippen molar-refractivity contribution < 1.29 is 19.1 Å². The van der Waals surface area contributed by atoms with Crippen molar-refractivity contribution in [3.63, 3.8) is 0 Å². The van der Waals surface area contributed by atoms with E-state index in [1.807, 2.05) is 52.8 Å². The quantitative estimate of drug-likeness (QED) is 0.462. The van der Waals surface area contributed by atoms with Crippen LogP contribution in [0.2, 0.25) is 0 Å². The smallest absolute Gasteiger partial charge is 0.408 e. The molecule has 2 N–H and O–H groups in total. The first-order chi connectivity index (χ1) is 16.8. The summed E-state index contributed by atoms with van der Waals surface area (Å²) in [5.41, 5.74) is 2.10. The Labute approximate surface area is 217 Å². The van der Waals surface area contributed by atoms with Crippen molar-refractivity contribution in [3.8, 4) is 0 Å². The summed E-state index contributed by atoms with van der Waals surface area (Å²) in [6, 6.07) is 4.47. The lowest BCUT2D eigenvalue weighted by molar-refractivity contribution is -0.143. The van der Waals surface area contributed by atoms with Crippen molar-refractivity contribution in [2.24, 2.45) is 5.92 Å². The number of amides is 3. The predicted molar refractivity (Wildman–Crippen MR) is 144 cm³/mol. The Morgan fingerprint density at radius 1 is 1.06 bits per heavy atom. The second-order valence-corrected chi connectivity index (χ2v) is 11.5. The van der Waals surface area contributed by atoms with Crippen molar-refractivity contribution in [3.05, 3.63) is 34.9 Å². The van der Waals surface area contributed by atoms with Crippen LogP contribution in [0.4, 0.5) is 4.79 Å². The van der Waals surface area contributed by atoms with Gasteiger partial charge in [-0.3, -0.25) is 9.59 Å². The molecule has 202 valence electrons. The molecule has 7 nitrogen and oxygen atoms in total. The minimum Gasteiger partial charge on any atom is -0.444 e. The maximum absolute atomic E-state index is 14.0. The molecule has 7 heteroatoms. The number of aryl methyl sites for hydroxylation is 2. The van der Waals surface area contributed by atoms with E-state index in [2.05, 4.69) is 10.6 Å². The first-order valence-electron chi connectivity index (χ1n) is 13.5. The Morgan fingerprint density at radius 2 is 1.64 bits per heavy atom. The van der Waals surface area contributed by atoms with Crippen LogP contribution in [0, 0.1) is 19.8 Å². The van der Waals surface area contributed by atoms with E-state index in [1.54, 1.807) is 25.7 Å². The molecule has 2 rings (SSSR count). The molecule has 2 atom stereocenters. The van der Waals surface area contributed by atoms with Crippen molar-refractivity contribution >= 4 is 17.9 Å². The minimum absolute atomic E-state index is 0.123. The van der Waals surface area contributed by atoms with Gasteiger partial charge >= 0.3 is 6.09 Å². The van der Waals surface area contributed by atoms with Crippen LogP contribution in [0.15, 0.2) is 18.2 Å². The summed E-state index contributed by atoms with van der Waals surface area (Å²) in [6.07, 6.45) is 5.13. The molecule has 1 aliphatic carbocycles. The van der Waals surface area contributed by atoms with Gasteiger partial charge in [0.05, 0.1) is 0 Å². The summed E-state index contributed by atoms with van der Waals surface area (Å²) < 4.78 is 5.44. The third kappa shape index (κ3) is 8.52. The van der Waals surface area contributed by atoms with Crippen molar-refractivity contribution in [1.82, 2.24) is 15.5 Å². The van der Waals surface area contributed by atoms with Gasteiger partial charge in [0.25, 0.3) is 0 Å². The summed E-state index contributed by atoms with van der Waals surface area (Å²) in [6.45, 7) is 15.5. The number of carbonyl (C=O) groups is 3. The fourth-order valence-electron chi connectivity index (χ4n) is 5.02. The Bertz CT molecular complexity index is 880. The number of ether oxygens (including phenoxy) is 1. The van der Waals surface area contributed by atoms with Gasteiger partial charge in [0.1, 0.15) is 17.7 Å². The standard InChI is InChI=1S/C29H47N3O4/c1-9-32(27(34)23(18-19(2)3)31-28(35)36-29(6,7)8)25(24-20(4)14-13-15-21(24)5)26(33)30-22-16-11-10-12-17-22/h13-15,19,22-23,25H,9-12,16-18H2,1-8H3,(H,30,33)(H,31,35). The number of nitrogens with zero attached hydrogens (tertiary/aromatic N) is 1. The molecule has 2 unspecified atom stereocenters. The monoisotopic (exact) mass is 501 g/mol. The van der Waals surface area contributed by atoms with Gasteiger partial charge in [0.2, 0.25) is 11.8 Å². The fourth-order valence-corrected chi connectivity index (χ4v) is 5.02. The molecule has 1 aromatic rings. The highest BCUT2D eigenvalue weighted by Crippen LogP contribution is 2.30. The largest absolute Gasteiger partial charge is 0.444 e. The van der Waals surface area contributed by atoms with Crippen LogP contribution in [-0.4, -0.2) is 47.0 Å². The van der Waals surface area contributed by atoms with E-state index in [1.165, 1.54) is 6.42 Å². The fraction of sp³-hybridized carbons (Fsp3) is 0.690. The molecule has 1 aliphatic rings. The van der Waals surface area contributed by atoms with Crippen LogP contribution in [0.5, 0.6) is 0 Å². The highest BCUT2D eigenvalue weighted by atomic mass is 16.6. The molecule has 0 saturated heterocycles. The summed E-state index contributed by atoms with van der Waals surface area (Å²) >= 11 is 0. The van der Waals surface area contributed by atoms with Gasteiger partial charge in [-0.25, -0.2) is 4.79 Å². The highest BCUT2D eigenvalue weighted by Gasteiger charge is 2.37. The van der Waals surface area contributed by atoms with E-state index < -0.39 is 23.8 Å². The Morgan fingerprint density at radius 3 is 2.14 bits per heavy atom. The van der Waals surface area contributed by atoms with Crippen LogP contribution in [-0.2, 0) is 14.3 Å². The predicted octanol–water partition coefficient (Wildman–Crippen LogP) is 5.58. The number of benzene rings is 1. The lowest BCUT2D eigenvalue weighted by atomic mass is 9.91. The van der Waals surface area contributed by atoms with Crippen LogP contribution < -0.4 is 10.6 Å². The molecule has 1 saturated carbocycles. The Balaban J connectivity index is 2.44. The second kappa shape index (κ2) is 13.1. The molecule has 3 amide bonds. The summed E-state index contributed by atoms with van der Waals surface area (Å²) in [5.74, 6) is -0.277. The lowest BCUT2D eigenvalue weighted by Crippen LogP contribution is -2.54. The summed E-state index contributed by atoms with van der Waals surface area (Å²) in [5, 5.41) is 6.04. The molecule has 0 aliphatic heterocycles. The number of nitrogens with one attached hydrogen (secondary N) is 2. The Kier molecular flexibility index (Phi) is 10.8. The van der Waals surface area contributed by atoms with Crippen LogP contribution in [0.1, 0.15) is 103 Å². The van der Waals surface area contributed by atoms with Gasteiger partial charge in [-0.05, 0) is 83.4 Å². The van der Waals surface area contributed by atoms with Gasteiger partial charge in [-0.15, -0.1) is 0 Å². The van der Waals surface area contributed by atoms with Crippen molar-refractivity contribution in [1.29, 1.82) is 0 Å². The number of hydrogen-bond donors (Lipinski definition) is 2. The molecule has 0 heterocycles. The zero-order chi connectivity index (χ0) is 27.0. The summed E-state index contributed by atoms with van der Waals surface area (Å²) in [7, 11) is 0. The van der Waals surface area contributed by atoms with Crippen molar-refractivity contribution in [2.75, 3.05) is 6.54 Å². The van der Waals surface area contributed by atoms with E-state index in [9.17, 15) is 14.4 Å². The zero-order valence-corrected chi connectivity index (χ0v) is 23.6. The SMILES string of the molecule is CCN(C(=O)C(CC(C)C)NC(=O)OC(C)(C)C)C(C(=O)NC1CCCCC1)c1c(C)cccc1C. The third-order valence-electron chi connectivity index (χ3n) is 6.65. The van der Waals surface area contributed by atoms with Crippen molar-refractivity contribution in [2.45, 2.75) is 118 Å². The maximum Gasteiger partial charge on any atom is 0.408 e. The molecule has 1 fully saturated rings. The first-order valence-corrected chi connectivity index (χ1v) is 13.5. The third-order valence-corrected chi connectivity index (χ3v) is 6.65. The van der Waals surface area contributed by atoms with Gasteiger partial charge in [-0.2, -0.15) is 0 Å². The van der Waals surface area contributed by atoms with Gasteiger partial charge < -0.3 is 20.3 Å². The zero-order valence-electron chi connectivity index (χ0n) is 23.6. The molecule has 0 bridgehead atoms. The van der Waals surface area contributed by atoms with E-state index in [-0.39, 0.29) is 23.8 Å². The average Bonchev–Trinajstić information content (AvgIpc) is 2.76. The average molecular weight is 502 g/mol. The molecule has 0 aromatic heterocycles. The normalized spacial score (nSPS) is 16.2. The van der Waals surface area contributed by atoms with E-state index in [4.69, 9.17) is 4.74 Å². The van der Waals surface area contributed by atoms with Gasteiger partial charge in [0, 0.05) is 12.6 Å². The molecular formula is C29H47N3O4. The minimum atomic E-state index is -0.797. The van der Waals surface area contributed by atoms with Crippen LogP contribution in [0.3, 0.4) is 0 Å². The van der Waals surface area contributed by atoms with Crippen LogP contribution >= 0.6 is 0 Å².